The molecule has 1 aromatic heterocycles. The van der Waals surface area contributed by atoms with E-state index in [0.717, 1.165) is 5.56 Å². The molecule has 2 rings (SSSR count). The van der Waals surface area contributed by atoms with Crippen LogP contribution in [0, 0.1) is 5.82 Å². The van der Waals surface area contributed by atoms with Gasteiger partial charge < -0.3 is 5.11 Å². The van der Waals surface area contributed by atoms with Crippen molar-refractivity contribution in [2.24, 2.45) is 0 Å². The van der Waals surface area contributed by atoms with Crippen LogP contribution in [0.15, 0.2) is 48.8 Å². The zero-order valence-corrected chi connectivity index (χ0v) is 8.68. The quantitative estimate of drug-likeness (QED) is 0.856. The minimum absolute atomic E-state index is 0.294. The molecule has 0 fully saturated rings. The van der Waals surface area contributed by atoms with Crippen molar-refractivity contribution in [1.82, 2.24) is 4.98 Å². The molecule has 0 aliphatic carbocycles. The van der Waals surface area contributed by atoms with Gasteiger partial charge in [-0.3, -0.25) is 4.98 Å². The molecule has 1 unspecified atom stereocenters. The third-order valence-corrected chi connectivity index (χ3v) is 2.41. The van der Waals surface area contributed by atoms with Crippen LogP contribution in [-0.4, -0.2) is 10.1 Å². The number of aromatic nitrogens is 1. The van der Waals surface area contributed by atoms with Crippen molar-refractivity contribution in [3.05, 3.63) is 65.7 Å². The van der Waals surface area contributed by atoms with E-state index in [1.54, 1.807) is 24.5 Å². The molecule has 0 aliphatic heterocycles. The van der Waals surface area contributed by atoms with E-state index in [2.05, 4.69) is 4.98 Å². The van der Waals surface area contributed by atoms with Crippen molar-refractivity contribution >= 4 is 0 Å². The molecule has 2 aromatic rings. The number of aliphatic hydroxyl groups is 1. The number of aliphatic hydroxyl groups excluding tert-OH is 1. The first-order valence-electron chi connectivity index (χ1n) is 5.08. The fourth-order valence-corrected chi connectivity index (χ4v) is 1.54. The lowest BCUT2D eigenvalue weighted by atomic mass is 10.0. The number of hydrogen-bond donors (Lipinski definition) is 1. The molecule has 0 saturated heterocycles. The molecule has 1 N–H and O–H groups in total. The van der Waals surface area contributed by atoms with Gasteiger partial charge in [0.2, 0.25) is 0 Å². The van der Waals surface area contributed by atoms with E-state index in [1.165, 1.54) is 12.1 Å². The molecule has 0 bridgehead atoms. The summed E-state index contributed by atoms with van der Waals surface area (Å²) in [4.78, 5) is 3.97. The van der Waals surface area contributed by atoms with E-state index in [9.17, 15) is 9.50 Å². The van der Waals surface area contributed by atoms with Crippen molar-refractivity contribution in [2.45, 2.75) is 12.5 Å². The lowest BCUT2D eigenvalue weighted by Gasteiger charge is -2.10. The minimum atomic E-state index is -0.621. The summed E-state index contributed by atoms with van der Waals surface area (Å²) >= 11 is 0. The summed E-state index contributed by atoms with van der Waals surface area (Å²) in [5, 5.41) is 9.91. The molecule has 0 spiro atoms. The normalized spacial score (nSPS) is 12.4. The second-order valence-corrected chi connectivity index (χ2v) is 3.63. The fourth-order valence-electron chi connectivity index (χ4n) is 1.54. The lowest BCUT2D eigenvalue weighted by Crippen LogP contribution is -2.01. The Balaban J connectivity index is 2.09. The lowest BCUT2D eigenvalue weighted by molar-refractivity contribution is 0.178. The molecule has 0 aliphatic rings. The predicted octanol–water partition coefficient (Wildman–Crippen LogP) is 2.50. The van der Waals surface area contributed by atoms with Crippen molar-refractivity contribution in [2.75, 3.05) is 0 Å². The SMILES string of the molecule is OC(Cc1cccnc1)c1ccc(F)cc1. The Morgan fingerprint density at radius 2 is 1.94 bits per heavy atom. The van der Waals surface area contributed by atoms with Gasteiger partial charge in [-0.15, -0.1) is 0 Å². The maximum atomic E-state index is 12.7. The topological polar surface area (TPSA) is 33.1 Å². The number of pyridine rings is 1. The highest BCUT2D eigenvalue weighted by Gasteiger charge is 2.08. The van der Waals surface area contributed by atoms with Crippen molar-refractivity contribution < 1.29 is 9.50 Å². The Hall–Kier alpha value is -1.74. The van der Waals surface area contributed by atoms with Crippen LogP contribution >= 0.6 is 0 Å². The van der Waals surface area contributed by atoms with Crippen LogP contribution in [0.4, 0.5) is 4.39 Å². The highest BCUT2D eigenvalue weighted by Crippen LogP contribution is 2.17. The molecule has 0 saturated carbocycles. The van der Waals surface area contributed by atoms with Crippen LogP contribution in [0.1, 0.15) is 17.2 Å². The van der Waals surface area contributed by atoms with Gasteiger partial charge in [-0.05, 0) is 29.3 Å². The number of halogens is 1. The maximum absolute atomic E-state index is 12.7. The molecule has 3 heteroatoms. The molecule has 2 nitrogen and oxygen atoms in total. The fraction of sp³-hybridized carbons (Fsp3) is 0.154. The number of nitrogens with zero attached hydrogens (tertiary/aromatic N) is 1. The monoisotopic (exact) mass is 217 g/mol. The van der Waals surface area contributed by atoms with Crippen molar-refractivity contribution in [3.63, 3.8) is 0 Å². The standard InChI is InChI=1S/C13H12FNO/c14-12-5-3-11(4-6-12)13(16)8-10-2-1-7-15-9-10/h1-7,9,13,16H,8H2. The van der Waals surface area contributed by atoms with Gasteiger partial charge >= 0.3 is 0 Å². The number of hydrogen-bond acceptors (Lipinski definition) is 2. The molecular formula is C13H12FNO. The van der Waals surface area contributed by atoms with E-state index in [1.807, 2.05) is 12.1 Å². The van der Waals surface area contributed by atoms with E-state index < -0.39 is 6.10 Å². The average Bonchev–Trinajstić information content (AvgIpc) is 2.31. The zero-order chi connectivity index (χ0) is 11.4. The third-order valence-electron chi connectivity index (χ3n) is 2.41. The second-order valence-electron chi connectivity index (χ2n) is 3.63. The summed E-state index contributed by atoms with van der Waals surface area (Å²) in [6.07, 6.45) is 3.27. The highest BCUT2D eigenvalue weighted by molar-refractivity contribution is 5.21. The molecule has 0 radical (unpaired) electrons. The average molecular weight is 217 g/mol. The summed E-state index contributed by atoms with van der Waals surface area (Å²) < 4.78 is 12.7. The Morgan fingerprint density at radius 1 is 1.19 bits per heavy atom. The Morgan fingerprint density at radius 3 is 2.56 bits per heavy atom. The van der Waals surface area contributed by atoms with Crippen LogP contribution in [0.2, 0.25) is 0 Å². The number of rotatable bonds is 3. The van der Waals surface area contributed by atoms with E-state index in [4.69, 9.17) is 0 Å². The molecule has 1 heterocycles. The molecule has 82 valence electrons. The maximum Gasteiger partial charge on any atom is 0.123 e. The van der Waals surface area contributed by atoms with Crippen molar-refractivity contribution in [3.8, 4) is 0 Å². The van der Waals surface area contributed by atoms with Gasteiger partial charge in [-0.25, -0.2) is 4.39 Å². The van der Waals surface area contributed by atoms with Crippen LogP contribution < -0.4 is 0 Å². The zero-order valence-electron chi connectivity index (χ0n) is 8.68. The molecule has 16 heavy (non-hydrogen) atoms. The Kier molecular flexibility index (Phi) is 3.27. The van der Waals surface area contributed by atoms with Gasteiger partial charge in [0, 0.05) is 18.8 Å². The first-order valence-corrected chi connectivity index (χ1v) is 5.08. The van der Waals surface area contributed by atoms with Gasteiger partial charge in [-0.1, -0.05) is 18.2 Å². The van der Waals surface area contributed by atoms with Gasteiger partial charge in [0.1, 0.15) is 5.82 Å². The first kappa shape index (κ1) is 10.8. The molecule has 1 atom stereocenters. The summed E-state index contributed by atoms with van der Waals surface area (Å²) in [5.74, 6) is -0.294. The summed E-state index contributed by atoms with van der Waals surface area (Å²) in [6.45, 7) is 0. The van der Waals surface area contributed by atoms with Gasteiger partial charge in [-0.2, -0.15) is 0 Å². The summed E-state index contributed by atoms with van der Waals surface area (Å²) in [6, 6.07) is 9.61. The Bertz CT molecular complexity index is 441. The molecule has 1 aromatic carbocycles. The highest BCUT2D eigenvalue weighted by atomic mass is 19.1. The van der Waals surface area contributed by atoms with Crippen LogP contribution in [0.3, 0.4) is 0 Å². The largest absolute Gasteiger partial charge is 0.388 e. The van der Waals surface area contributed by atoms with Gasteiger partial charge in [0.25, 0.3) is 0 Å². The molecule has 0 amide bonds. The third kappa shape index (κ3) is 2.64. The van der Waals surface area contributed by atoms with Crippen LogP contribution in [0.25, 0.3) is 0 Å². The first-order chi connectivity index (χ1) is 7.75. The van der Waals surface area contributed by atoms with Crippen LogP contribution in [0.5, 0.6) is 0 Å². The van der Waals surface area contributed by atoms with Gasteiger partial charge in [0.15, 0.2) is 0 Å². The summed E-state index contributed by atoms with van der Waals surface area (Å²) in [7, 11) is 0. The Labute approximate surface area is 93.4 Å². The van der Waals surface area contributed by atoms with Gasteiger partial charge in [0.05, 0.1) is 6.10 Å². The molecular weight excluding hydrogens is 205 g/mol. The van der Waals surface area contributed by atoms with Crippen LogP contribution in [-0.2, 0) is 6.42 Å². The summed E-state index contributed by atoms with van der Waals surface area (Å²) in [5.41, 5.74) is 1.67. The van der Waals surface area contributed by atoms with Crippen molar-refractivity contribution in [1.29, 1.82) is 0 Å². The van der Waals surface area contributed by atoms with E-state index in [0.29, 0.717) is 12.0 Å². The van der Waals surface area contributed by atoms with E-state index in [-0.39, 0.29) is 5.82 Å². The van der Waals surface area contributed by atoms with E-state index >= 15 is 0 Å². The smallest absolute Gasteiger partial charge is 0.123 e. The second kappa shape index (κ2) is 4.86. The number of benzene rings is 1. The predicted molar refractivity (Wildman–Crippen MR) is 59.3 cm³/mol. The minimum Gasteiger partial charge on any atom is -0.388 e.